The molecule has 0 aliphatic heterocycles. The summed E-state index contributed by atoms with van der Waals surface area (Å²) in [7, 11) is 1.10. The summed E-state index contributed by atoms with van der Waals surface area (Å²) in [6.07, 6.45) is 1.11. The van der Waals surface area contributed by atoms with Crippen molar-refractivity contribution in [3.63, 3.8) is 0 Å². The van der Waals surface area contributed by atoms with E-state index in [4.69, 9.17) is 15.5 Å². The third kappa shape index (κ3) is 3.20. The molecular formula is C13H9NO6. The number of esters is 1. The van der Waals surface area contributed by atoms with Crippen molar-refractivity contribution in [3.8, 4) is 6.07 Å². The van der Waals surface area contributed by atoms with Crippen LogP contribution in [-0.4, -0.2) is 35.2 Å². The van der Waals surface area contributed by atoms with Crippen molar-refractivity contribution in [2.45, 2.75) is 0 Å². The Morgan fingerprint density at radius 1 is 1.20 bits per heavy atom. The maximum absolute atomic E-state index is 11.2. The van der Waals surface area contributed by atoms with E-state index in [1.165, 1.54) is 6.07 Å². The Labute approximate surface area is 113 Å². The molecule has 0 atom stereocenters. The zero-order chi connectivity index (χ0) is 15.3. The molecule has 0 saturated heterocycles. The van der Waals surface area contributed by atoms with Crippen LogP contribution in [0.4, 0.5) is 0 Å². The third-order valence-corrected chi connectivity index (χ3v) is 2.34. The summed E-state index contributed by atoms with van der Waals surface area (Å²) in [6, 6.07) is 5.05. The molecule has 0 spiro atoms. The van der Waals surface area contributed by atoms with Gasteiger partial charge in [-0.15, -0.1) is 0 Å². The number of carbonyl (C=O) groups is 3. The Kier molecular flexibility index (Phi) is 4.59. The van der Waals surface area contributed by atoms with Gasteiger partial charge in [-0.3, -0.25) is 0 Å². The molecule has 0 unspecified atom stereocenters. The standard InChI is InChI=1S/C13H9NO6/c1-20-13(19)8(6-14)4-7-2-3-9(11(15)16)10(5-7)12(17)18/h2-5H,1H3,(H,15,16)(H,17,18). The van der Waals surface area contributed by atoms with Gasteiger partial charge in [-0.2, -0.15) is 5.26 Å². The highest BCUT2D eigenvalue weighted by molar-refractivity contribution is 6.03. The summed E-state index contributed by atoms with van der Waals surface area (Å²) in [5.74, 6) is -3.67. The van der Waals surface area contributed by atoms with E-state index in [1.54, 1.807) is 6.07 Å². The van der Waals surface area contributed by atoms with Crippen LogP contribution < -0.4 is 0 Å². The molecule has 2 N–H and O–H groups in total. The number of rotatable bonds is 4. The number of hydrogen-bond donors (Lipinski definition) is 2. The highest BCUT2D eigenvalue weighted by Crippen LogP contribution is 2.15. The van der Waals surface area contributed by atoms with E-state index in [0.717, 1.165) is 25.3 Å². The lowest BCUT2D eigenvalue weighted by atomic mass is 10.0. The first-order chi connectivity index (χ1) is 9.40. The summed E-state index contributed by atoms with van der Waals surface area (Å²) in [6.45, 7) is 0. The quantitative estimate of drug-likeness (QED) is 0.479. The van der Waals surface area contributed by atoms with Crippen LogP contribution >= 0.6 is 0 Å². The number of nitrogens with zero attached hydrogens (tertiary/aromatic N) is 1. The molecule has 1 aromatic carbocycles. The van der Waals surface area contributed by atoms with Crippen molar-refractivity contribution in [3.05, 3.63) is 40.5 Å². The zero-order valence-electron chi connectivity index (χ0n) is 10.3. The van der Waals surface area contributed by atoms with Crippen molar-refractivity contribution in [2.75, 3.05) is 7.11 Å². The SMILES string of the molecule is COC(=O)C(C#N)=Cc1ccc(C(=O)O)c(C(=O)O)c1. The fourth-order valence-corrected chi connectivity index (χ4v) is 1.43. The van der Waals surface area contributed by atoms with Gasteiger partial charge < -0.3 is 14.9 Å². The van der Waals surface area contributed by atoms with Crippen molar-refractivity contribution in [2.24, 2.45) is 0 Å². The molecule has 0 bridgehead atoms. The number of carboxylic acids is 2. The Morgan fingerprint density at radius 3 is 2.25 bits per heavy atom. The van der Waals surface area contributed by atoms with E-state index in [2.05, 4.69) is 4.74 Å². The van der Waals surface area contributed by atoms with Crippen LogP contribution in [0.2, 0.25) is 0 Å². The lowest BCUT2D eigenvalue weighted by Crippen LogP contribution is -2.08. The monoisotopic (exact) mass is 275 g/mol. The molecule has 0 fully saturated rings. The number of aromatic carboxylic acids is 2. The average Bonchev–Trinajstić information content (AvgIpc) is 2.43. The fourth-order valence-electron chi connectivity index (χ4n) is 1.43. The van der Waals surface area contributed by atoms with Gasteiger partial charge in [0.15, 0.2) is 0 Å². The van der Waals surface area contributed by atoms with Gasteiger partial charge in [0.1, 0.15) is 11.6 Å². The van der Waals surface area contributed by atoms with Gasteiger partial charge in [-0.25, -0.2) is 14.4 Å². The molecule has 0 aromatic heterocycles. The molecule has 0 heterocycles. The number of hydrogen-bond acceptors (Lipinski definition) is 5. The molecule has 0 amide bonds. The van der Waals surface area contributed by atoms with Gasteiger partial charge in [0.05, 0.1) is 18.2 Å². The van der Waals surface area contributed by atoms with E-state index in [1.807, 2.05) is 0 Å². The molecule has 0 radical (unpaired) electrons. The van der Waals surface area contributed by atoms with Crippen molar-refractivity contribution in [1.82, 2.24) is 0 Å². The molecule has 0 aliphatic rings. The molecule has 20 heavy (non-hydrogen) atoms. The van der Waals surface area contributed by atoms with Crippen molar-refractivity contribution in [1.29, 1.82) is 5.26 Å². The van der Waals surface area contributed by atoms with Crippen LogP contribution in [0.15, 0.2) is 23.8 Å². The minimum atomic E-state index is -1.42. The van der Waals surface area contributed by atoms with Gasteiger partial charge in [-0.1, -0.05) is 6.07 Å². The summed E-state index contributed by atoms with van der Waals surface area (Å²) in [5.41, 5.74) is -0.944. The molecule has 1 aromatic rings. The molecule has 1 rings (SSSR count). The van der Waals surface area contributed by atoms with Gasteiger partial charge in [0, 0.05) is 0 Å². The summed E-state index contributed by atoms with van der Waals surface area (Å²) in [4.78, 5) is 33.1. The summed E-state index contributed by atoms with van der Waals surface area (Å²) >= 11 is 0. The van der Waals surface area contributed by atoms with E-state index >= 15 is 0 Å². The Morgan fingerprint density at radius 2 is 1.80 bits per heavy atom. The van der Waals surface area contributed by atoms with Crippen LogP contribution in [-0.2, 0) is 9.53 Å². The Bertz CT molecular complexity index is 653. The Balaban J connectivity index is 3.36. The molecular weight excluding hydrogens is 266 g/mol. The maximum atomic E-state index is 11.2. The van der Waals surface area contributed by atoms with Gasteiger partial charge >= 0.3 is 17.9 Å². The van der Waals surface area contributed by atoms with Crippen molar-refractivity contribution >= 4 is 24.0 Å². The molecule has 102 valence electrons. The van der Waals surface area contributed by atoms with Crippen LogP contribution in [0.5, 0.6) is 0 Å². The highest BCUT2D eigenvalue weighted by atomic mass is 16.5. The van der Waals surface area contributed by atoms with Crippen molar-refractivity contribution < 1.29 is 29.3 Å². The first-order valence-electron chi connectivity index (χ1n) is 5.21. The number of methoxy groups -OCH3 is 1. The second-order valence-corrected chi connectivity index (χ2v) is 3.58. The zero-order valence-corrected chi connectivity index (χ0v) is 10.3. The van der Waals surface area contributed by atoms with E-state index in [-0.39, 0.29) is 16.7 Å². The lowest BCUT2D eigenvalue weighted by molar-refractivity contribution is -0.135. The van der Waals surface area contributed by atoms with E-state index in [0.29, 0.717) is 0 Å². The summed E-state index contributed by atoms with van der Waals surface area (Å²) < 4.78 is 4.37. The largest absolute Gasteiger partial charge is 0.478 e. The van der Waals surface area contributed by atoms with Crippen LogP contribution in [0.25, 0.3) is 6.08 Å². The smallest absolute Gasteiger partial charge is 0.348 e. The number of benzene rings is 1. The average molecular weight is 275 g/mol. The maximum Gasteiger partial charge on any atom is 0.348 e. The molecule has 7 heteroatoms. The predicted molar refractivity (Wildman–Crippen MR) is 66.0 cm³/mol. The second-order valence-electron chi connectivity index (χ2n) is 3.58. The minimum absolute atomic E-state index is 0.203. The molecule has 0 aliphatic carbocycles. The first kappa shape index (κ1) is 14.9. The van der Waals surface area contributed by atoms with Gasteiger partial charge in [0.25, 0.3) is 0 Å². The van der Waals surface area contributed by atoms with Gasteiger partial charge in [-0.05, 0) is 23.8 Å². The van der Waals surface area contributed by atoms with Crippen LogP contribution in [0.1, 0.15) is 26.3 Å². The predicted octanol–water partition coefficient (Wildman–Crippen LogP) is 1.16. The second kappa shape index (κ2) is 6.15. The Hall–Kier alpha value is -3.14. The molecule has 7 nitrogen and oxygen atoms in total. The fraction of sp³-hybridized carbons (Fsp3) is 0.0769. The van der Waals surface area contributed by atoms with E-state index in [9.17, 15) is 14.4 Å². The highest BCUT2D eigenvalue weighted by Gasteiger charge is 2.16. The van der Waals surface area contributed by atoms with Crippen LogP contribution in [0.3, 0.4) is 0 Å². The van der Waals surface area contributed by atoms with E-state index < -0.39 is 23.5 Å². The first-order valence-corrected chi connectivity index (χ1v) is 5.21. The molecule has 0 saturated carbocycles. The summed E-state index contributed by atoms with van der Waals surface area (Å²) in [5, 5.41) is 26.6. The normalized spacial score (nSPS) is 10.5. The van der Waals surface area contributed by atoms with Gasteiger partial charge in [0.2, 0.25) is 0 Å². The number of nitriles is 1. The lowest BCUT2D eigenvalue weighted by Gasteiger charge is -2.03. The topological polar surface area (TPSA) is 125 Å². The minimum Gasteiger partial charge on any atom is -0.478 e. The third-order valence-electron chi connectivity index (χ3n) is 2.34. The number of carboxylic acid groups (broad SMARTS) is 2. The number of carbonyl (C=O) groups excluding carboxylic acids is 1. The van der Waals surface area contributed by atoms with Crippen LogP contribution in [0, 0.1) is 11.3 Å². The number of ether oxygens (including phenoxy) is 1.